The average molecular weight is 533 g/mol. The van der Waals surface area contributed by atoms with E-state index in [0.717, 1.165) is 12.0 Å². The lowest BCUT2D eigenvalue weighted by Crippen LogP contribution is -2.51. The van der Waals surface area contributed by atoms with Crippen molar-refractivity contribution in [2.24, 2.45) is 5.92 Å². The van der Waals surface area contributed by atoms with Gasteiger partial charge in [0.1, 0.15) is 11.5 Å². The Morgan fingerprint density at radius 1 is 1.00 bits per heavy atom. The lowest BCUT2D eigenvalue weighted by Gasteiger charge is -2.31. The highest BCUT2D eigenvalue weighted by molar-refractivity contribution is 7.89. The van der Waals surface area contributed by atoms with Crippen molar-refractivity contribution in [3.05, 3.63) is 60.2 Å². The van der Waals surface area contributed by atoms with Gasteiger partial charge >= 0.3 is 0 Å². The number of Topliss-reactive ketones (excluding diaryl/α,β-unsaturated/α-hetero) is 1. The van der Waals surface area contributed by atoms with E-state index < -0.39 is 22.2 Å². The minimum Gasteiger partial charge on any atom is -0.497 e. The fourth-order valence-corrected chi connectivity index (χ4v) is 5.42. The largest absolute Gasteiger partial charge is 0.497 e. The number of nitrogens with zero attached hydrogens (tertiary/aromatic N) is 1. The Morgan fingerprint density at radius 2 is 1.65 bits per heavy atom. The number of ether oxygens (including phenoxy) is 1. The summed E-state index contributed by atoms with van der Waals surface area (Å²) in [5, 5.41) is 14.1. The minimum atomic E-state index is -3.93. The summed E-state index contributed by atoms with van der Waals surface area (Å²) in [6.45, 7) is 5.72. The second-order valence-corrected chi connectivity index (χ2v) is 11.3. The van der Waals surface area contributed by atoms with Crippen LogP contribution in [0.1, 0.15) is 52.0 Å². The van der Waals surface area contributed by atoms with E-state index in [4.69, 9.17) is 4.74 Å². The molecule has 0 spiro atoms. The molecule has 0 bridgehead atoms. The number of carbonyl (C=O) groups excluding carboxylic acids is 2. The maximum absolute atomic E-state index is 13.6. The molecule has 37 heavy (non-hydrogen) atoms. The smallest absolute Gasteiger partial charge is 0.243 e. The summed E-state index contributed by atoms with van der Waals surface area (Å²) in [5.74, 6) is 0.232. The first-order chi connectivity index (χ1) is 17.6. The number of nitrogens with one attached hydrogen (secondary N) is 1. The van der Waals surface area contributed by atoms with Crippen molar-refractivity contribution in [2.75, 3.05) is 20.2 Å². The summed E-state index contributed by atoms with van der Waals surface area (Å²) >= 11 is 0. The lowest BCUT2D eigenvalue weighted by molar-refractivity contribution is -0.126. The van der Waals surface area contributed by atoms with Crippen molar-refractivity contribution < 1.29 is 27.9 Å². The van der Waals surface area contributed by atoms with Crippen LogP contribution < -0.4 is 10.1 Å². The van der Waals surface area contributed by atoms with E-state index in [0.29, 0.717) is 18.6 Å². The number of sulfonamides is 1. The van der Waals surface area contributed by atoms with Crippen LogP contribution in [0.2, 0.25) is 0 Å². The van der Waals surface area contributed by atoms with E-state index in [1.54, 1.807) is 19.1 Å². The Morgan fingerprint density at radius 3 is 2.22 bits per heavy atom. The van der Waals surface area contributed by atoms with E-state index in [1.807, 2.05) is 44.2 Å². The van der Waals surface area contributed by atoms with Gasteiger partial charge in [-0.15, -0.1) is 0 Å². The molecule has 204 valence electrons. The van der Waals surface area contributed by atoms with Crippen LogP contribution in [0, 0.1) is 5.92 Å². The third-order valence-corrected chi connectivity index (χ3v) is 8.28. The Balaban J connectivity index is 2.30. The number of carbonyl (C=O) groups is 2. The number of ketones is 1. The van der Waals surface area contributed by atoms with Gasteiger partial charge in [-0.05, 0) is 42.2 Å². The third-order valence-electron chi connectivity index (χ3n) is 6.43. The summed E-state index contributed by atoms with van der Waals surface area (Å²) in [4.78, 5) is 24.4. The van der Waals surface area contributed by atoms with Crippen LogP contribution in [0.25, 0.3) is 0 Å². The third kappa shape index (κ3) is 9.57. The van der Waals surface area contributed by atoms with Crippen LogP contribution in [-0.4, -0.2) is 61.9 Å². The molecule has 0 aliphatic rings. The van der Waals surface area contributed by atoms with Crippen LogP contribution in [0.4, 0.5) is 0 Å². The van der Waals surface area contributed by atoms with Crippen LogP contribution in [0.3, 0.4) is 0 Å². The molecule has 3 unspecified atom stereocenters. The molecule has 0 heterocycles. The first kappa shape index (κ1) is 30.5. The maximum Gasteiger partial charge on any atom is 0.243 e. The van der Waals surface area contributed by atoms with Crippen molar-refractivity contribution in [2.45, 2.75) is 69.9 Å². The zero-order valence-electron chi connectivity index (χ0n) is 22.2. The summed E-state index contributed by atoms with van der Waals surface area (Å²) in [7, 11) is -2.42. The van der Waals surface area contributed by atoms with Crippen LogP contribution >= 0.6 is 0 Å². The van der Waals surface area contributed by atoms with Crippen molar-refractivity contribution in [1.82, 2.24) is 9.62 Å². The number of aliphatic hydroxyl groups excluding tert-OH is 1. The summed E-state index contributed by atoms with van der Waals surface area (Å²) in [6, 6.07) is 14.8. The molecule has 0 saturated heterocycles. The summed E-state index contributed by atoms with van der Waals surface area (Å²) < 4.78 is 33.6. The number of methoxy groups -OCH3 is 1. The number of amides is 1. The van der Waals surface area contributed by atoms with Gasteiger partial charge in [-0.3, -0.25) is 9.59 Å². The predicted molar refractivity (Wildman–Crippen MR) is 144 cm³/mol. The maximum atomic E-state index is 13.6. The zero-order valence-corrected chi connectivity index (χ0v) is 23.0. The van der Waals surface area contributed by atoms with Gasteiger partial charge in [0.15, 0.2) is 0 Å². The molecule has 0 aromatic heterocycles. The van der Waals surface area contributed by atoms with Gasteiger partial charge in [-0.25, -0.2) is 8.42 Å². The fourth-order valence-electron chi connectivity index (χ4n) is 3.84. The van der Waals surface area contributed by atoms with E-state index in [2.05, 4.69) is 5.32 Å². The molecule has 0 fully saturated rings. The molecular weight excluding hydrogens is 492 g/mol. The molecule has 0 radical (unpaired) electrons. The molecule has 1 amide bonds. The standard InChI is InChI=1S/C28H40N2O6S/c1-5-21(3)19-30(37(34,35)25-15-13-24(36-4)14-16-25)20-27(32)26(18-22-10-8-7-9-11-22)29-28(33)17-12-23(31)6-2/h7-11,13-16,21,26-27,32H,5-6,12,17-20H2,1-4H3,(H,29,33). The van der Waals surface area contributed by atoms with Gasteiger partial charge in [0.2, 0.25) is 15.9 Å². The number of aliphatic hydroxyl groups is 1. The number of hydrogen-bond acceptors (Lipinski definition) is 6. The SMILES string of the molecule is CCC(=O)CCC(=O)NC(Cc1ccccc1)C(O)CN(CC(C)CC)S(=O)(=O)c1ccc(OC)cc1. The molecule has 9 heteroatoms. The lowest BCUT2D eigenvalue weighted by atomic mass is 10.00. The predicted octanol–water partition coefficient (Wildman–Crippen LogP) is 3.58. The van der Waals surface area contributed by atoms with Crippen molar-refractivity contribution in [3.8, 4) is 5.75 Å². The monoisotopic (exact) mass is 532 g/mol. The fraction of sp³-hybridized carbons (Fsp3) is 0.500. The molecule has 0 aliphatic heterocycles. The molecular formula is C28H40N2O6S. The van der Waals surface area contributed by atoms with Gasteiger partial charge in [0, 0.05) is 32.4 Å². The highest BCUT2D eigenvalue weighted by Crippen LogP contribution is 2.22. The molecule has 2 N–H and O–H groups in total. The van der Waals surface area contributed by atoms with E-state index >= 15 is 0 Å². The quantitative estimate of drug-likeness (QED) is 0.342. The molecule has 0 aliphatic carbocycles. The topological polar surface area (TPSA) is 113 Å². The molecule has 8 nitrogen and oxygen atoms in total. The van der Waals surface area contributed by atoms with E-state index in [1.165, 1.54) is 23.5 Å². The van der Waals surface area contributed by atoms with Gasteiger partial charge in [-0.1, -0.05) is 57.5 Å². The highest BCUT2D eigenvalue weighted by Gasteiger charge is 2.31. The normalized spacial score (nSPS) is 14.1. The van der Waals surface area contributed by atoms with Crippen LogP contribution in [-0.2, 0) is 26.0 Å². The Hall–Kier alpha value is -2.75. The Kier molecular flexibility index (Phi) is 12.2. The van der Waals surface area contributed by atoms with Crippen molar-refractivity contribution in [3.63, 3.8) is 0 Å². The zero-order chi connectivity index (χ0) is 27.4. The van der Waals surface area contributed by atoms with Crippen LogP contribution in [0.15, 0.2) is 59.5 Å². The second-order valence-electron chi connectivity index (χ2n) is 9.33. The highest BCUT2D eigenvalue weighted by atomic mass is 32.2. The van der Waals surface area contributed by atoms with E-state index in [-0.39, 0.29) is 48.4 Å². The van der Waals surface area contributed by atoms with Gasteiger partial charge < -0.3 is 15.2 Å². The number of benzene rings is 2. The second kappa shape index (κ2) is 14.9. The first-order valence-electron chi connectivity index (χ1n) is 12.8. The number of hydrogen-bond donors (Lipinski definition) is 2. The first-order valence-corrected chi connectivity index (χ1v) is 14.2. The molecule has 0 saturated carbocycles. The Labute approximate surface area is 221 Å². The van der Waals surface area contributed by atoms with Crippen molar-refractivity contribution >= 4 is 21.7 Å². The minimum absolute atomic E-state index is 0.0133. The molecule has 3 atom stereocenters. The summed E-state index contributed by atoms with van der Waals surface area (Å²) in [5.41, 5.74) is 0.892. The van der Waals surface area contributed by atoms with Gasteiger partial charge in [-0.2, -0.15) is 4.31 Å². The van der Waals surface area contributed by atoms with Gasteiger partial charge in [0.05, 0.1) is 24.2 Å². The molecule has 2 aromatic carbocycles. The van der Waals surface area contributed by atoms with Gasteiger partial charge in [0.25, 0.3) is 0 Å². The Bertz CT molecular complexity index is 1090. The average Bonchev–Trinajstić information content (AvgIpc) is 2.91. The van der Waals surface area contributed by atoms with Crippen molar-refractivity contribution in [1.29, 1.82) is 0 Å². The van der Waals surface area contributed by atoms with Crippen LogP contribution in [0.5, 0.6) is 5.75 Å². The summed E-state index contributed by atoms with van der Waals surface area (Å²) in [6.07, 6.45) is 0.406. The molecule has 2 rings (SSSR count). The number of rotatable bonds is 16. The van der Waals surface area contributed by atoms with E-state index in [9.17, 15) is 23.1 Å². The molecule has 2 aromatic rings.